The summed E-state index contributed by atoms with van der Waals surface area (Å²) in [4.78, 5) is 23.8. The van der Waals surface area contributed by atoms with Gasteiger partial charge in [-0.3, -0.25) is 19.0 Å². The van der Waals surface area contributed by atoms with Crippen molar-refractivity contribution in [3.8, 4) is 0 Å². The molecule has 0 unspecified atom stereocenters. The van der Waals surface area contributed by atoms with Crippen molar-refractivity contribution >= 4 is 17.5 Å². The highest BCUT2D eigenvalue weighted by atomic mass is 16.2. The fourth-order valence-electron chi connectivity index (χ4n) is 2.01. The molecule has 0 saturated carbocycles. The first-order valence-electron chi connectivity index (χ1n) is 7.13. The molecule has 0 aliphatic rings. The van der Waals surface area contributed by atoms with Crippen molar-refractivity contribution < 1.29 is 9.59 Å². The Labute approximate surface area is 128 Å². The highest BCUT2D eigenvalue weighted by molar-refractivity contribution is 6.02. The normalized spacial score (nSPS) is 10.5. The summed E-state index contributed by atoms with van der Waals surface area (Å²) in [6.07, 6.45) is 3.62. The highest BCUT2D eigenvalue weighted by Gasteiger charge is 2.17. The van der Waals surface area contributed by atoms with E-state index in [1.807, 2.05) is 19.9 Å². The second-order valence-electron chi connectivity index (χ2n) is 4.82. The van der Waals surface area contributed by atoms with Crippen molar-refractivity contribution in [1.29, 1.82) is 0 Å². The van der Waals surface area contributed by atoms with E-state index in [2.05, 4.69) is 20.8 Å². The minimum absolute atomic E-state index is 0.185. The Hall–Kier alpha value is -2.64. The molecule has 2 rings (SSSR count). The lowest BCUT2D eigenvalue weighted by atomic mass is 10.3. The van der Waals surface area contributed by atoms with Crippen LogP contribution in [0.4, 0.5) is 5.69 Å². The number of carbonyl (C=O) groups is 2. The molecule has 0 aliphatic heterocycles. The van der Waals surface area contributed by atoms with Gasteiger partial charge in [0.25, 0.3) is 5.91 Å². The number of nitrogens with one attached hydrogen (secondary N) is 2. The van der Waals surface area contributed by atoms with E-state index in [4.69, 9.17) is 0 Å². The number of anilines is 1. The van der Waals surface area contributed by atoms with Gasteiger partial charge in [0.05, 0.1) is 5.69 Å². The number of carbonyl (C=O) groups excluding carboxylic acids is 2. The number of hydrogen-bond acceptors (Lipinski definition) is 4. The van der Waals surface area contributed by atoms with Crippen LogP contribution in [-0.2, 0) is 17.9 Å². The molecule has 0 saturated heterocycles. The van der Waals surface area contributed by atoms with Crippen LogP contribution in [0.2, 0.25) is 0 Å². The monoisotopic (exact) mass is 304 g/mol. The average molecular weight is 304 g/mol. The number of amides is 2. The van der Waals surface area contributed by atoms with Crippen LogP contribution >= 0.6 is 0 Å². The maximum absolute atomic E-state index is 12.1. The Balaban J connectivity index is 2.03. The second kappa shape index (κ2) is 6.88. The second-order valence-corrected chi connectivity index (χ2v) is 4.82. The predicted octanol–water partition coefficient (Wildman–Crippen LogP) is 0.796. The van der Waals surface area contributed by atoms with Crippen molar-refractivity contribution in [2.45, 2.75) is 33.4 Å². The fraction of sp³-hybridized carbons (Fsp3) is 0.429. The van der Waals surface area contributed by atoms with Gasteiger partial charge in [0.15, 0.2) is 5.69 Å². The molecule has 0 spiro atoms. The van der Waals surface area contributed by atoms with E-state index in [1.54, 1.807) is 21.8 Å². The highest BCUT2D eigenvalue weighted by Crippen LogP contribution is 2.14. The number of rotatable bonds is 6. The Morgan fingerprint density at radius 1 is 1.36 bits per heavy atom. The van der Waals surface area contributed by atoms with Crippen molar-refractivity contribution in [3.05, 3.63) is 29.8 Å². The quantitative estimate of drug-likeness (QED) is 0.825. The van der Waals surface area contributed by atoms with Gasteiger partial charge in [0, 0.05) is 44.6 Å². The van der Waals surface area contributed by atoms with Crippen LogP contribution in [0.1, 0.15) is 29.5 Å². The Kier molecular flexibility index (Phi) is 4.92. The molecular weight excluding hydrogens is 284 g/mol. The van der Waals surface area contributed by atoms with E-state index in [0.717, 1.165) is 5.69 Å². The standard InChI is InChI=1S/C14H20N6O2/c1-4-19-9-11(13(18-19)14(22)15-3)17-12(21)6-8-20-10(2)5-7-16-20/h5,7,9H,4,6,8H2,1-3H3,(H,15,22)(H,17,21). The van der Waals surface area contributed by atoms with Crippen LogP contribution in [-0.4, -0.2) is 38.4 Å². The van der Waals surface area contributed by atoms with E-state index >= 15 is 0 Å². The van der Waals surface area contributed by atoms with Crippen LogP contribution in [0, 0.1) is 6.92 Å². The molecule has 2 N–H and O–H groups in total. The van der Waals surface area contributed by atoms with Gasteiger partial charge in [-0.25, -0.2) is 0 Å². The number of aryl methyl sites for hydroxylation is 3. The Bertz CT molecular complexity index is 673. The molecule has 8 heteroatoms. The molecule has 0 radical (unpaired) electrons. The first kappa shape index (κ1) is 15.7. The summed E-state index contributed by atoms with van der Waals surface area (Å²) in [5, 5.41) is 13.5. The number of nitrogens with zero attached hydrogens (tertiary/aromatic N) is 4. The zero-order valence-corrected chi connectivity index (χ0v) is 13.0. The molecule has 2 heterocycles. The maximum Gasteiger partial charge on any atom is 0.273 e. The first-order valence-corrected chi connectivity index (χ1v) is 7.13. The first-order chi connectivity index (χ1) is 10.5. The molecule has 0 aromatic carbocycles. The van der Waals surface area contributed by atoms with E-state index < -0.39 is 0 Å². The lowest BCUT2D eigenvalue weighted by molar-refractivity contribution is -0.116. The van der Waals surface area contributed by atoms with Crippen LogP contribution < -0.4 is 10.6 Å². The molecule has 0 fully saturated rings. The van der Waals surface area contributed by atoms with E-state index in [9.17, 15) is 9.59 Å². The summed E-state index contributed by atoms with van der Waals surface area (Å²) in [5.74, 6) is -0.513. The molecule has 0 bridgehead atoms. The number of aromatic nitrogens is 4. The van der Waals surface area contributed by atoms with Crippen molar-refractivity contribution in [1.82, 2.24) is 24.9 Å². The molecule has 2 aromatic heterocycles. The molecule has 2 aromatic rings. The van der Waals surface area contributed by atoms with Gasteiger partial charge in [-0.2, -0.15) is 10.2 Å². The lowest BCUT2D eigenvalue weighted by Crippen LogP contribution is -2.22. The molecule has 8 nitrogen and oxygen atoms in total. The smallest absolute Gasteiger partial charge is 0.273 e. The minimum Gasteiger partial charge on any atom is -0.354 e. The van der Waals surface area contributed by atoms with Gasteiger partial charge in [-0.1, -0.05) is 0 Å². The molecule has 0 aliphatic carbocycles. The third-order valence-electron chi connectivity index (χ3n) is 3.28. The summed E-state index contributed by atoms with van der Waals surface area (Å²) in [6.45, 7) is 4.95. The topological polar surface area (TPSA) is 93.8 Å². The zero-order valence-electron chi connectivity index (χ0n) is 13.0. The Morgan fingerprint density at radius 2 is 2.14 bits per heavy atom. The third kappa shape index (κ3) is 3.51. The molecule has 2 amide bonds. The van der Waals surface area contributed by atoms with Crippen molar-refractivity contribution in [3.63, 3.8) is 0 Å². The SMILES string of the molecule is CCn1cc(NC(=O)CCn2nccc2C)c(C(=O)NC)n1. The van der Waals surface area contributed by atoms with E-state index in [-0.39, 0.29) is 23.9 Å². The van der Waals surface area contributed by atoms with Gasteiger partial charge < -0.3 is 10.6 Å². The summed E-state index contributed by atoms with van der Waals surface area (Å²) >= 11 is 0. The summed E-state index contributed by atoms with van der Waals surface area (Å²) in [7, 11) is 1.53. The van der Waals surface area contributed by atoms with Crippen molar-refractivity contribution in [2.75, 3.05) is 12.4 Å². The lowest BCUT2D eigenvalue weighted by Gasteiger charge is -2.06. The van der Waals surface area contributed by atoms with Gasteiger partial charge in [-0.15, -0.1) is 0 Å². The van der Waals surface area contributed by atoms with Crippen molar-refractivity contribution in [2.24, 2.45) is 0 Å². The zero-order chi connectivity index (χ0) is 16.1. The van der Waals surface area contributed by atoms with Crippen LogP contribution in [0.3, 0.4) is 0 Å². The molecule has 0 atom stereocenters. The summed E-state index contributed by atoms with van der Waals surface area (Å²) in [5.41, 5.74) is 1.63. The molecular formula is C14H20N6O2. The van der Waals surface area contributed by atoms with E-state index in [0.29, 0.717) is 18.8 Å². The van der Waals surface area contributed by atoms with Crippen LogP contribution in [0.15, 0.2) is 18.5 Å². The van der Waals surface area contributed by atoms with Gasteiger partial charge in [0.2, 0.25) is 5.91 Å². The summed E-state index contributed by atoms with van der Waals surface area (Å²) < 4.78 is 3.37. The van der Waals surface area contributed by atoms with Crippen LogP contribution in [0.25, 0.3) is 0 Å². The number of hydrogen-bond donors (Lipinski definition) is 2. The maximum atomic E-state index is 12.1. The predicted molar refractivity (Wildman–Crippen MR) is 81.5 cm³/mol. The Morgan fingerprint density at radius 3 is 2.73 bits per heavy atom. The average Bonchev–Trinajstić information content (AvgIpc) is 3.10. The van der Waals surface area contributed by atoms with Gasteiger partial charge >= 0.3 is 0 Å². The molecule has 22 heavy (non-hydrogen) atoms. The summed E-state index contributed by atoms with van der Waals surface area (Å²) in [6, 6.07) is 1.88. The fourth-order valence-corrected chi connectivity index (χ4v) is 2.01. The van der Waals surface area contributed by atoms with Gasteiger partial charge in [-0.05, 0) is 19.9 Å². The largest absolute Gasteiger partial charge is 0.354 e. The third-order valence-corrected chi connectivity index (χ3v) is 3.28. The molecule has 118 valence electrons. The van der Waals surface area contributed by atoms with E-state index in [1.165, 1.54) is 7.05 Å². The minimum atomic E-state index is -0.328. The van der Waals surface area contributed by atoms with Crippen LogP contribution in [0.5, 0.6) is 0 Å². The van der Waals surface area contributed by atoms with Gasteiger partial charge in [0.1, 0.15) is 0 Å².